The van der Waals surface area contributed by atoms with Gasteiger partial charge >= 0.3 is 5.97 Å². The van der Waals surface area contributed by atoms with Crippen molar-refractivity contribution in [2.24, 2.45) is 0 Å². The number of ketones is 1. The number of ether oxygens (including phenoxy) is 1. The maximum Gasteiger partial charge on any atom is 0.331 e. The first-order valence-electron chi connectivity index (χ1n) is 7.15. The first-order chi connectivity index (χ1) is 11.5. The Morgan fingerprint density at radius 1 is 1.17 bits per heavy atom. The van der Waals surface area contributed by atoms with Gasteiger partial charge in [-0.1, -0.05) is 42.5 Å². The van der Waals surface area contributed by atoms with Crippen LogP contribution in [0.3, 0.4) is 0 Å². The van der Waals surface area contributed by atoms with Crippen molar-refractivity contribution < 1.29 is 19.2 Å². The molecule has 2 aromatic carbocycles. The quantitative estimate of drug-likeness (QED) is 0.267. The Kier molecular flexibility index (Phi) is 5.57. The van der Waals surface area contributed by atoms with E-state index in [9.17, 15) is 19.7 Å². The van der Waals surface area contributed by atoms with Crippen LogP contribution < -0.4 is 0 Å². The van der Waals surface area contributed by atoms with E-state index in [0.717, 1.165) is 5.56 Å². The molecule has 122 valence electrons. The standard InChI is InChI=1S/C18H15NO5/c1-13-7-9-15(11-16(13)19(22)23)17(20)12-24-18(21)10-8-14-5-3-2-4-6-14/h2-11H,12H2,1H3/b10-8+. The molecular weight excluding hydrogens is 310 g/mol. The van der Waals surface area contributed by atoms with Crippen LogP contribution in [0.15, 0.2) is 54.6 Å². The van der Waals surface area contributed by atoms with E-state index in [1.54, 1.807) is 13.0 Å². The first-order valence-corrected chi connectivity index (χ1v) is 7.15. The number of nitro groups is 1. The van der Waals surface area contributed by atoms with Crippen molar-refractivity contribution in [3.8, 4) is 0 Å². The zero-order valence-corrected chi connectivity index (χ0v) is 13.0. The molecule has 0 heterocycles. The van der Waals surface area contributed by atoms with Gasteiger partial charge in [-0.15, -0.1) is 0 Å². The molecule has 0 spiro atoms. The molecule has 6 nitrogen and oxygen atoms in total. The number of hydrogen-bond acceptors (Lipinski definition) is 5. The molecule has 0 aliphatic carbocycles. The summed E-state index contributed by atoms with van der Waals surface area (Å²) in [5.74, 6) is -1.16. The van der Waals surface area contributed by atoms with E-state index >= 15 is 0 Å². The maximum atomic E-state index is 12.0. The van der Waals surface area contributed by atoms with Crippen molar-refractivity contribution in [3.63, 3.8) is 0 Å². The number of carbonyl (C=O) groups excluding carboxylic acids is 2. The lowest BCUT2D eigenvalue weighted by atomic mass is 10.1. The number of benzene rings is 2. The second-order valence-electron chi connectivity index (χ2n) is 5.03. The van der Waals surface area contributed by atoms with Gasteiger partial charge in [0.15, 0.2) is 6.61 Å². The van der Waals surface area contributed by atoms with Crippen molar-refractivity contribution in [1.82, 2.24) is 0 Å². The van der Waals surface area contributed by atoms with Crippen molar-refractivity contribution in [3.05, 3.63) is 81.4 Å². The minimum atomic E-state index is -0.659. The predicted octanol–water partition coefficient (Wildman–Crippen LogP) is 3.34. The van der Waals surface area contributed by atoms with E-state index < -0.39 is 23.3 Å². The molecule has 6 heteroatoms. The van der Waals surface area contributed by atoms with Gasteiger partial charge in [-0.3, -0.25) is 14.9 Å². The lowest BCUT2D eigenvalue weighted by Gasteiger charge is -2.03. The van der Waals surface area contributed by atoms with E-state index in [4.69, 9.17) is 4.74 Å². The zero-order valence-electron chi connectivity index (χ0n) is 13.0. The van der Waals surface area contributed by atoms with Gasteiger partial charge in [-0.2, -0.15) is 0 Å². The lowest BCUT2D eigenvalue weighted by molar-refractivity contribution is -0.385. The molecule has 0 aliphatic heterocycles. The van der Waals surface area contributed by atoms with Gasteiger partial charge in [0.25, 0.3) is 5.69 Å². The van der Waals surface area contributed by atoms with Gasteiger partial charge < -0.3 is 4.74 Å². The summed E-state index contributed by atoms with van der Waals surface area (Å²) in [7, 11) is 0. The van der Waals surface area contributed by atoms with Crippen molar-refractivity contribution in [2.45, 2.75) is 6.92 Å². The van der Waals surface area contributed by atoms with Crippen LogP contribution >= 0.6 is 0 Å². The number of Topliss-reactive ketones (excluding diaryl/α,β-unsaturated/α-hetero) is 1. The SMILES string of the molecule is Cc1ccc(C(=O)COC(=O)/C=C/c2ccccc2)cc1[N+](=O)[O-]. The van der Waals surface area contributed by atoms with Gasteiger partial charge in [0, 0.05) is 23.3 Å². The highest BCUT2D eigenvalue weighted by atomic mass is 16.6. The van der Waals surface area contributed by atoms with Gasteiger partial charge in [0.1, 0.15) is 0 Å². The summed E-state index contributed by atoms with van der Waals surface area (Å²) in [6.07, 6.45) is 2.80. The monoisotopic (exact) mass is 325 g/mol. The summed E-state index contributed by atoms with van der Waals surface area (Å²) in [4.78, 5) is 33.9. The summed E-state index contributed by atoms with van der Waals surface area (Å²) in [6.45, 7) is 1.11. The zero-order chi connectivity index (χ0) is 17.5. The molecule has 2 rings (SSSR count). The fraction of sp³-hybridized carbons (Fsp3) is 0.111. The molecule has 0 radical (unpaired) electrons. The van der Waals surface area contributed by atoms with Crippen LogP contribution in [0.1, 0.15) is 21.5 Å². The second-order valence-corrected chi connectivity index (χ2v) is 5.03. The summed E-state index contributed by atoms with van der Waals surface area (Å²) in [6, 6.07) is 13.3. The second kappa shape index (κ2) is 7.82. The molecule has 0 bridgehead atoms. The third-order valence-corrected chi connectivity index (χ3v) is 3.28. The van der Waals surface area contributed by atoms with Crippen LogP contribution in [-0.4, -0.2) is 23.3 Å². The van der Waals surface area contributed by atoms with Gasteiger partial charge in [-0.25, -0.2) is 4.79 Å². The molecule has 0 saturated carbocycles. The minimum Gasteiger partial charge on any atom is -0.454 e. The average molecular weight is 325 g/mol. The normalized spacial score (nSPS) is 10.5. The molecular formula is C18H15NO5. The van der Waals surface area contributed by atoms with Gasteiger partial charge in [0.05, 0.1) is 4.92 Å². The summed E-state index contributed by atoms with van der Waals surface area (Å²) in [5.41, 5.74) is 1.28. The molecule has 0 saturated heterocycles. The third-order valence-electron chi connectivity index (χ3n) is 3.28. The fourth-order valence-corrected chi connectivity index (χ4v) is 1.98. The Bertz CT molecular complexity index is 796. The molecule has 0 aromatic heterocycles. The fourth-order valence-electron chi connectivity index (χ4n) is 1.98. The molecule has 24 heavy (non-hydrogen) atoms. The number of rotatable bonds is 6. The summed E-state index contributed by atoms with van der Waals surface area (Å²) in [5, 5.41) is 10.9. The largest absolute Gasteiger partial charge is 0.454 e. The third kappa shape index (κ3) is 4.61. The average Bonchev–Trinajstić information content (AvgIpc) is 2.59. The highest BCUT2D eigenvalue weighted by molar-refractivity contribution is 5.99. The molecule has 0 fully saturated rings. The van der Waals surface area contributed by atoms with Crippen LogP contribution in [-0.2, 0) is 9.53 Å². The molecule has 0 aliphatic rings. The van der Waals surface area contributed by atoms with E-state index in [1.165, 1.54) is 24.3 Å². The Morgan fingerprint density at radius 3 is 2.54 bits per heavy atom. The van der Waals surface area contributed by atoms with Crippen LogP contribution in [0, 0.1) is 17.0 Å². The predicted molar refractivity (Wildman–Crippen MR) is 88.6 cm³/mol. The van der Waals surface area contributed by atoms with Crippen LogP contribution in [0.25, 0.3) is 6.08 Å². The van der Waals surface area contributed by atoms with E-state index in [2.05, 4.69) is 0 Å². The van der Waals surface area contributed by atoms with Crippen molar-refractivity contribution >= 4 is 23.5 Å². The topological polar surface area (TPSA) is 86.5 Å². The lowest BCUT2D eigenvalue weighted by Crippen LogP contribution is -2.13. The molecule has 0 amide bonds. The Labute approximate surface area is 138 Å². The van der Waals surface area contributed by atoms with Crippen molar-refractivity contribution in [2.75, 3.05) is 6.61 Å². The number of nitrogens with zero attached hydrogens (tertiary/aromatic N) is 1. The Hall–Kier alpha value is -3.28. The molecule has 2 aromatic rings. The Morgan fingerprint density at radius 2 is 1.88 bits per heavy atom. The van der Waals surface area contributed by atoms with E-state index in [1.807, 2.05) is 30.3 Å². The van der Waals surface area contributed by atoms with Crippen molar-refractivity contribution in [1.29, 1.82) is 0 Å². The number of esters is 1. The minimum absolute atomic E-state index is 0.132. The summed E-state index contributed by atoms with van der Waals surface area (Å²) >= 11 is 0. The number of carbonyl (C=O) groups is 2. The Balaban J connectivity index is 1.95. The highest BCUT2D eigenvalue weighted by Gasteiger charge is 2.15. The van der Waals surface area contributed by atoms with E-state index in [-0.39, 0.29) is 11.3 Å². The smallest absolute Gasteiger partial charge is 0.331 e. The number of hydrogen-bond donors (Lipinski definition) is 0. The molecule has 0 unspecified atom stereocenters. The number of nitro benzene ring substituents is 1. The van der Waals surface area contributed by atoms with Gasteiger partial charge in [-0.05, 0) is 18.6 Å². The van der Waals surface area contributed by atoms with Crippen LogP contribution in [0.2, 0.25) is 0 Å². The van der Waals surface area contributed by atoms with Crippen LogP contribution in [0.5, 0.6) is 0 Å². The summed E-state index contributed by atoms with van der Waals surface area (Å²) < 4.78 is 4.87. The maximum absolute atomic E-state index is 12.0. The first kappa shape index (κ1) is 17.1. The number of aryl methyl sites for hydroxylation is 1. The highest BCUT2D eigenvalue weighted by Crippen LogP contribution is 2.19. The molecule has 0 N–H and O–H groups in total. The van der Waals surface area contributed by atoms with E-state index in [0.29, 0.717) is 5.56 Å². The molecule has 0 atom stereocenters. The van der Waals surface area contributed by atoms with Crippen LogP contribution in [0.4, 0.5) is 5.69 Å². The van der Waals surface area contributed by atoms with Gasteiger partial charge in [0.2, 0.25) is 5.78 Å².